The van der Waals surface area contributed by atoms with Crippen LogP contribution in [-0.4, -0.2) is 30.0 Å². The Bertz CT molecular complexity index is 896. The molecular formula is C28H37NO4. The van der Waals surface area contributed by atoms with E-state index in [1.165, 1.54) is 11.3 Å². The Morgan fingerprint density at radius 2 is 1.67 bits per heavy atom. The summed E-state index contributed by atoms with van der Waals surface area (Å²) in [6, 6.07) is 17.3. The number of carbonyl (C=O) groups excluding carboxylic acids is 1. The van der Waals surface area contributed by atoms with E-state index in [0.29, 0.717) is 11.4 Å². The van der Waals surface area contributed by atoms with E-state index in [0.717, 1.165) is 31.2 Å². The summed E-state index contributed by atoms with van der Waals surface area (Å²) in [6.07, 6.45) is 8.30. The van der Waals surface area contributed by atoms with E-state index >= 15 is 0 Å². The molecule has 0 heterocycles. The molecule has 0 saturated heterocycles. The van der Waals surface area contributed by atoms with Gasteiger partial charge in [0.1, 0.15) is 11.4 Å². The fraction of sp³-hybridized carbons (Fsp3) is 0.464. The van der Waals surface area contributed by atoms with Crippen LogP contribution in [0.4, 0.5) is 10.5 Å². The monoisotopic (exact) mass is 451 g/mol. The Kier molecular flexibility index (Phi) is 8.56. The van der Waals surface area contributed by atoms with Gasteiger partial charge in [-0.1, -0.05) is 55.7 Å². The zero-order valence-corrected chi connectivity index (χ0v) is 20.2. The number of aliphatic hydroxyl groups is 1. The lowest BCUT2D eigenvalue weighted by molar-refractivity contribution is 0.0593. The SMILES string of the molecule is COc1ccc(N(/C=C/[C@H](c2ccccc2)[C@H](O)C2CCCCC2)C(=O)OC(C)(C)C)cc1. The molecule has 0 aromatic heterocycles. The largest absolute Gasteiger partial charge is 0.497 e. The van der Waals surface area contributed by atoms with Gasteiger partial charge in [0.15, 0.2) is 0 Å². The molecule has 0 bridgehead atoms. The van der Waals surface area contributed by atoms with Crippen LogP contribution < -0.4 is 9.64 Å². The Hall–Kier alpha value is -2.79. The topological polar surface area (TPSA) is 59.0 Å². The van der Waals surface area contributed by atoms with E-state index in [1.54, 1.807) is 13.3 Å². The number of ether oxygens (including phenoxy) is 2. The van der Waals surface area contributed by atoms with Gasteiger partial charge in [0, 0.05) is 12.1 Å². The van der Waals surface area contributed by atoms with Crippen molar-refractivity contribution in [2.24, 2.45) is 5.92 Å². The highest BCUT2D eigenvalue weighted by Crippen LogP contribution is 2.35. The van der Waals surface area contributed by atoms with Crippen LogP contribution in [-0.2, 0) is 4.74 Å². The van der Waals surface area contributed by atoms with Gasteiger partial charge in [-0.25, -0.2) is 4.79 Å². The Labute approximate surface area is 198 Å². The molecule has 5 heteroatoms. The fourth-order valence-corrected chi connectivity index (χ4v) is 4.35. The molecule has 2 atom stereocenters. The van der Waals surface area contributed by atoms with Gasteiger partial charge >= 0.3 is 6.09 Å². The summed E-state index contributed by atoms with van der Waals surface area (Å²) >= 11 is 0. The second-order valence-corrected chi connectivity index (χ2v) is 9.72. The number of benzene rings is 2. The van der Waals surface area contributed by atoms with Crippen LogP contribution in [0.2, 0.25) is 0 Å². The van der Waals surface area contributed by atoms with Crippen molar-refractivity contribution in [2.75, 3.05) is 12.0 Å². The molecule has 178 valence electrons. The summed E-state index contributed by atoms with van der Waals surface area (Å²) in [5.74, 6) is 0.740. The molecule has 1 saturated carbocycles. The number of rotatable bonds is 7. The molecule has 2 aromatic carbocycles. The standard InChI is InChI=1S/C28H37NO4/c1-28(2,3)33-27(31)29(23-15-17-24(32-4)18-16-23)20-19-25(21-11-7-5-8-12-21)26(30)22-13-9-6-10-14-22/h5,7-8,11-12,15-20,22,25-26,30H,6,9-10,13-14H2,1-4H3/b20-19+/t25-,26-/m1/s1. The van der Waals surface area contributed by atoms with Gasteiger partial charge in [0.25, 0.3) is 0 Å². The predicted octanol–water partition coefficient (Wildman–Crippen LogP) is 6.68. The van der Waals surface area contributed by atoms with Crippen molar-refractivity contribution in [3.8, 4) is 5.75 Å². The minimum atomic E-state index is -0.629. The highest BCUT2D eigenvalue weighted by atomic mass is 16.6. The van der Waals surface area contributed by atoms with Crippen molar-refractivity contribution in [1.82, 2.24) is 0 Å². The first-order chi connectivity index (χ1) is 15.8. The summed E-state index contributed by atoms with van der Waals surface area (Å²) in [6.45, 7) is 5.54. The van der Waals surface area contributed by atoms with Gasteiger partial charge in [-0.15, -0.1) is 0 Å². The maximum absolute atomic E-state index is 13.1. The molecule has 1 N–H and O–H groups in total. The molecular weight excluding hydrogens is 414 g/mol. The quantitative estimate of drug-likeness (QED) is 0.510. The number of hydrogen-bond donors (Lipinski definition) is 1. The molecule has 0 radical (unpaired) electrons. The van der Waals surface area contributed by atoms with Crippen molar-refractivity contribution in [1.29, 1.82) is 0 Å². The third-order valence-corrected chi connectivity index (χ3v) is 6.07. The number of anilines is 1. The van der Waals surface area contributed by atoms with E-state index in [4.69, 9.17) is 9.47 Å². The molecule has 3 rings (SSSR count). The number of aliphatic hydroxyl groups excluding tert-OH is 1. The fourth-order valence-electron chi connectivity index (χ4n) is 4.35. The maximum atomic E-state index is 13.1. The lowest BCUT2D eigenvalue weighted by Gasteiger charge is -2.32. The van der Waals surface area contributed by atoms with Crippen molar-refractivity contribution in [3.63, 3.8) is 0 Å². The molecule has 1 amide bonds. The molecule has 1 aliphatic rings. The summed E-state index contributed by atoms with van der Waals surface area (Å²) in [4.78, 5) is 14.6. The van der Waals surface area contributed by atoms with Crippen LogP contribution >= 0.6 is 0 Å². The number of hydrogen-bond acceptors (Lipinski definition) is 4. The zero-order valence-electron chi connectivity index (χ0n) is 20.2. The summed E-state index contributed by atoms with van der Waals surface area (Å²) < 4.78 is 10.9. The van der Waals surface area contributed by atoms with E-state index in [9.17, 15) is 9.90 Å². The van der Waals surface area contributed by atoms with E-state index in [-0.39, 0.29) is 11.8 Å². The molecule has 0 spiro atoms. The lowest BCUT2D eigenvalue weighted by atomic mass is 9.78. The molecule has 0 unspecified atom stereocenters. The van der Waals surface area contributed by atoms with E-state index in [1.807, 2.05) is 81.4 Å². The first kappa shape index (κ1) is 24.8. The van der Waals surface area contributed by atoms with Crippen molar-refractivity contribution in [2.45, 2.75) is 70.5 Å². The molecule has 1 fully saturated rings. The van der Waals surface area contributed by atoms with Gasteiger partial charge in [-0.2, -0.15) is 0 Å². The van der Waals surface area contributed by atoms with Crippen molar-refractivity contribution >= 4 is 11.8 Å². The first-order valence-corrected chi connectivity index (χ1v) is 11.9. The van der Waals surface area contributed by atoms with E-state index in [2.05, 4.69) is 0 Å². The molecule has 1 aliphatic carbocycles. The predicted molar refractivity (Wildman–Crippen MR) is 133 cm³/mol. The zero-order chi connectivity index (χ0) is 23.8. The van der Waals surface area contributed by atoms with Crippen LogP contribution in [0.15, 0.2) is 66.9 Å². The first-order valence-electron chi connectivity index (χ1n) is 11.9. The van der Waals surface area contributed by atoms with Crippen LogP contribution in [0.25, 0.3) is 0 Å². The van der Waals surface area contributed by atoms with Crippen LogP contribution in [0.5, 0.6) is 5.75 Å². The summed E-state index contributed by atoms with van der Waals surface area (Å²) in [5, 5.41) is 11.4. The Morgan fingerprint density at radius 3 is 2.24 bits per heavy atom. The average molecular weight is 452 g/mol. The maximum Gasteiger partial charge on any atom is 0.418 e. The van der Waals surface area contributed by atoms with Gasteiger partial charge in [-0.05, 0) is 69.4 Å². The minimum absolute atomic E-state index is 0.225. The highest BCUT2D eigenvalue weighted by molar-refractivity contribution is 5.90. The minimum Gasteiger partial charge on any atom is -0.497 e. The average Bonchev–Trinajstić information content (AvgIpc) is 2.81. The smallest absolute Gasteiger partial charge is 0.418 e. The van der Waals surface area contributed by atoms with Crippen molar-refractivity contribution < 1.29 is 19.4 Å². The molecule has 2 aromatic rings. The second-order valence-electron chi connectivity index (χ2n) is 9.72. The number of nitrogens with zero attached hydrogens (tertiary/aromatic N) is 1. The third kappa shape index (κ3) is 7.10. The number of methoxy groups -OCH3 is 1. The van der Waals surface area contributed by atoms with Crippen molar-refractivity contribution in [3.05, 3.63) is 72.4 Å². The highest BCUT2D eigenvalue weighted by Gasteiger charge is 2.29. The van der Waals surface area contributed by atoms with Crippen LogP contribution in [0, 0.1) is 5.92 Å². The van der Waals surface area contributed by atoms with Gasteiger partial charge in [0.2, 0.25) is 0 Å². The lowest BCUT2D eigenvalue weighted by Crippen LogP contribution is -2.34. The van der Waals surface area contributed by atoms with Gasteiger partial charge in [0.05, 0.1) is 18.9 Å². The molecule has 33 heavy (non-hydrogen) atoms. The van der Waals surface area contributed by atoms with E-state index < -0.39 is 17.8 Å². The molecule has 5 nitrogen and oxygen atoms in total. The Morgan fingerprint density at radius 1 is 1.03 bits per heavy atom. The third-order valence-electron chi connectivity index (χ3n) is 6.07. The number of carbonyl (C=O) groups is 1. The molecule has 0 aliphatic heterocycles. The van der Waals surface area contributed by atoms with Gasteiger partial charge in [-0.3, -0.25) is 4.90 Å². The van der Waals surface area contributed by atoms with Gasteiger partial charge < -0.3 is 14.6 Å². The number of amides is 1. The Balaban J connectivity index is 1.93. The summed E-state index contributed by atoms with van der Waals surface area (Å²) in [5.41, 5.74) is 1.07. The summed E-state index contributed by atoms with van der Waals surface area (Å²) in [7, 11) is 1.61. The van der Waals surface area contributed by atoms with Crippen LogP contribution in [0.1, 0.15) is 64.4 Å². The van der Waals surface area contributed by atoms with Crippen LogP contribution in [0.3, 0.4) is 0 Å². The normalized spacial score (nSPS) is 16.9. The second kappa shape index (κ2) is 11.4.